The predicted molar refractivity (Wildman–Crippen MR) is 85.4 cm³/mol. The van der Waals surface area contributed by atoms with Gasteiger partial charge < -0.3 is 0 Å². The summed E-state index contributed by atoms with van der Waals surface area (Å²) in [5.41, 5.74) is 5.34. The molecule has 0 bridgehead atoms. The summed E-state index contributed by atoms with van der Waals surface area (Å²) >= 11 is 3.51. The maximum absolute atomic E-state index is 11.7. The molecule has 3 nitrogen and oxygen atoms in total. The van der Waals surface area contributed by atoms with Crippen LogP contribution in [0.25, 0.3) is 0 Å². The number of aromatic nitrogens is 2. The number of aromatic amines is 1. The third-order valence-electron chi connectivity index (χ3n) is 3.53. The van der Waals surface area contributed by atoms with Crippen LogP contribution in [0.1, 0.15) is 47.7 Å². The van der Waals surface area contributed by atoms with Crippen molar-refractivity contribution in [3.8, 4) is 0 Å². The molecule has 0 saturated carbocycles. The summed E-state index contributed by atoms with van der Waals surface area (Å²) in [6.45, 7) is 8.24. The number of halogens is 1. The first-order valence-corrected chi connectivity index (χ1v) is 7.52. The van der Waals surface area contributed by atoms with Crippen LogP contribution < -0.4 is 5.56 Å². The van der Waals surface area contributed by atoms with Crippen LogP contribution in [0.4, 0.5) is 0 Å². The van der Waals surface area contributed by atoms with E-state index in [4.69, 9.17) is 0 Å². The number of aryl methyl sites for hydroxylation is 2. The molecule has 0 aliphatic heterocycles. The van der Waals surface area contributed by atoms with E-state index in [2.05, 4.69) is 52.1 Å². The first kappa shape index (κ1) is 15.0. The average molecular weight is 335 g/mol. The minimum Gasteiger partial charge on any atom is -0.268 e. The summed E-state index contributed by atoms with van der Waals surface area (Å²) in [5.74, 6) is 0.201. The van der Waals surface area contributed by atoms with Crippen LogP contribution in [-0.2, 0) is 6.42 Å². The topological polar surface area (TPSA) is 45.8 Å². The van der Waals surface area contributed by atoms with Crippen LogP contribution in [0.15, 0.2) is 27.5 Å². The summed E-state index contributed by atoms with van der Waals surface area (Å²) in [5, 5.41) is 6.78. The summed E-state index contributed by atoms with van der Waals surface area (Å²) in [4.78, 5) is 11.7. The van der Waals surface area contributed by atoms with Gasteiger partial charge in [-0.2, -0.15) is 5.10 Å². The lowest BCUT2D eigenvalue weighted by molar-refractivity contribution is 0.800. The van der Waals surface area contributed by atoms with E-state index < -0.39 is 0 Å². The fourth-order valence-corrected chi connectivity index (χ4v) is 3.07. The number of hydrogen-bond donors (Lipinski definition) is 1. The SMILES string of the molecule is Cc1cc(Br)cc(C)c1Cc1cc(C(C)C)c(=O)[nH]n1. The minimum absolute atomic E-state index is 0.0898. The lowest BCUT2D eigenvalue weighted by Gasteiger charge is -2.11. The monoisotopic (exact) mass is 334 g/mol. The number of hydrogen-bond acceptors (Lipinski definition) is 2. The minimum atomic E-state index is -0.0898. The van der Waals surface area contributed by atoms with Crippen LogP contribution in [0.2, 0.25) is 0 Å². The summed E-state index contributed by atoms with van der Waals surface area (Å²) < 4.78 is 1.09. The molecule has 2 aromatic rings. The van der Waals surface area contributed by atoms with E-state index in [0.29, 0.717) is 0 Å². The Hall–Kier alpha value is -1.42. The highest BCUT2D eigenvalue weighted by molar-refractivity contribution is 9.10. The first-order valence-electron chi connectivity index (χ1n) is 6.72. The van der Waals surface area contributed by atoms with Gasteiger partial charge in [0.05, 0.1) is 5.69 Å². The quantitative estimate of drug-likeness (QED) is 0.926. The smallest absolute Gasteiger partial charge is 0.267 e. The van der Waals surface area contributed by atoms with E-state index in [9.17, 15) is 4.79 Å². The zero-order valence-electron chi connectivity index (χ0n) is 12.2. The van der Waals surface area contributed by atoms with Crippen molar-refractivity contribution in [2.24, 2.45) is 0 Å². The van der Waals surface area contributed by atoms with Gasteiger partial charge in [0.15, 0.2) is 0 Å². The lowest BCUT2D eigenvalue weighted by atomic mass is 9.97. The van der Waals surface area contributed by atoms with Crippen molar-refractivity contribution >= 4 is 15.9 Å². The van der Waals surface area contributed by atoms with E-state index in [1.165, 1.54) is 16.7 Å². The highest BCUT2D eigenvalue weighted by atomic mass is 79.9. The van der Waals surface area contributed by atoms with Crippen LogP contribution in [0.5, 0.6) is 0 Å². The Balaban J connectivity index is 2.41. The first-order chi connectivity index (χ1) is 9.38. The second-order valence-electron chi connectivity index (χ2n) is 5.49. The molecule has 20 heavy (non-hydrogen) atoms. The zero-order chi connectivity index (χ0) is 14.9. The van der Waals surface area contributed by atoms with Gasteiger partial charge in [-0.3, -0.25) is 4.79 Å². The van der Waals surface area contributed by atoms with Crippen molar-refractivity contribution in [3.05, 3.63) is 61.0 Å². The van der Waals surface area contributed by atoms with E-state index >= 15 is 0 Å². The predicted octanol–water partition coefficient (Wildman–Crippen LogP) is 3.86. The molecule has 0 unspecified atom stereocenters. The fraction of sp³-hybridized carbons (Fsp3) is 0.375. The van der Waals surface area contributed by atoms with Gasteiger partial charge in [-0.15, -0.1) is 0 Å². The third-order valence-corrected chi connectivity index (χ3v) is 3.98. The highest BCUT2D eigenvalue weighted by Gasteiger charge is 2.10. The number of nitrogens with one attached hydrogen (secondary N) is 1. The normalized spacial score (nSPS) is 11.1. The largest absolute Gasteiger partial charge is 0.268 e. The Morgan fingerprint density at radius 2 is 1.80 bits per heavy atom. The molecule has 4 heteroatoms. The molecule has 1 aromatic heterocycles. The van der Waals surface area contributed by atoms with Crippen molar-refractivity contribution in [2.75, 3.05) is 0 Å². The maximum atomic E-state index is 11.7. The van der Waals surface area contributed by atoms with Gasteiger partial charge in [0.1, 0.15) is 0 Å². The van der Waals surface area contributed by atoms with Crippen molar-refractivity contribution in [1.29, 1.82) is 0 Å². The molecule has 0 spiro atoms. The summed E-state index contributed by atoms with van der Waals surface area (Å²) in [7, 11) is 0. The molecule has 0 amide bonds. The van der Waals surface area contributed by atoms with Gasteiger partial charge >= 0.3 is 0 Å². The Kier molecular flexibility index (Phi) is 4.43. The van der Waals surface area contributed by atoms with Gasteiger partial charge in [0.2, 0.25) is 0 Å². The molecular formula is C16H19BrN2O. The molecule has 2 rings (SSSR count). The van der Waals surface area contributed by atoms with Crippen LogP contribution in [-0.4, -0.2) is 10.2 Å². The summed E-state index contributed by atoms with van der Waals surface area (Å²) in [6, 6.07) is 6.14. The Bertz CT molecular complexity index is 666. The van der Waals surface area contributed by atoms with Crippen LogP contribution >= 0.6 is 15.9 Å². The number of nitrogens with zero attached hydrogens (tertiary/aromatic N) is 1. The standard InChI is InChI=1S/C16H19BrN2O/c1-9(2)14-7-13(18-19-16(14)20)8-15-10(3)5-12(17)6-11(15)4/h5-7,9H,8H2,1-4H3,(H,19,20). The van der Waals surface area contributed by atoms with E-state index in [-0.39, 0.29) is 11.5 Å². The van der Waals surface area contributed by atoms with E-state index in [0.717, 1.165) is 22.2 Å². The van der Waals surface area contributed by atoms with Gasteiger partial charge in [0.25, 0.3) is 5.56 Å². The van der Waals surface area contributed by atoms with Crippen molar-refractivity contribution in [3.63, 3.8) is 0 Å². The number of rotatable bonds is 3. The van der Waals surface area contributed by atoms with Gasteiger partial charge in [-0.25, -0.2) is 5.10 Å². The second-order valence-corrected chi connectivity index (χ2v) is 6.41. The molecule has 0 saturated heterocycles. The molecule has 0 fully saturated rings. The van der Waals surface area contributed by atoms with Gasteiger partial charge in [-0.1, -0.05) is 29.8 Å². The highest BCUT2D eigenvalue weighted by Crippen LogP contribution is 2.23. The van der Waals surface area contributed by atoms with E-state index in [1.807, 2.05) is 19.9 Å². The van der Waals surface area contributed by atoms with Crippen LogP contribution in [0, 0.1) is 13.8 Å². The molecule has 0 aliphatic carbocycles. The Labute approximate surface area is 127 Å². The van der Waals surface area contributed by atoms with Gasteiger partial charge in [-0.05, 0) is 54.7 Å². The molecule has 1 aromatic carbocycles. The maximum Gasteiger partial charge on any atom is 0.267 e. The number of H-pyrrole nitrogens is 1. The van der Waals surface area contributed by atoms with Crippen LogP contribution in [0.3, 0.4) is 0 Å². The Morgan fingerprint density at radius 1 is 1.20 bits per heavy atom. The molecule has 0 aliphatic rings. The molecular weight excluding hydrogens is 316 g/mol. The molecule has 0 radical (unpaired) electrons. The number of benzene rings is 1. The van der Waals surface area contributed by atoms with Crippen molar-refractivity contribution in [2.45, 2.75) is 40.0 Å². The second kappa shape index (κ2) is 5.92. The molecule has 1 N–H and O–H groups in total. The molecule has 106 valence electrons. The lowest BCUT2D eigenvalue weighted by Crippen LogP contribution is -2.17. The fourth-order valence-electron chi connectivity index (χ4n) is 2.38. The van der Waals surface area contributed by atoms with Gasteiger partial charge in [0, 0.05) is 16.5 Å². The zero-order valence-corrected chi connectivity index (χ0v) is 13.8. The molecule has 0 atom stereocenters. The summed E-state index contributed by atoms with van der Waals surface area (Å²) in [6.07, 6.45) is 0.738. The third kappa shape index (κ3) is 3.18. The average Bonchev–Trinajstić information content (AvgIpc) is 2.35. The van der Waals surface area contributed by atoms with E-state index in [1.54, 1.807) is 0 Å². The van der Waals surface area contributed by atoms with Crippen molar-refractivity contribution < 1.29 is 0 Å². The Morgan fingerprint density at radius 3 is 2.35 bits per heavy atom. The molecule has 1 heterocycles. The van der Waals surface area contributed by atoms with Crippen molar-refractivity contribution in [1.82, 2.24) is 10.2 Å².